The monoisotopic (exact) mass is 417 g/mol. The number of nitrogens with one attached hydrogen (secondary N) is 4. The lowest BCUT2D eigenvalue weighted by Crippen LogP contribution is -2.37. The minimum Gasteiger partial charge on any atom is -0.380 e. The van der Waals surface area contributed by atoms with Crippen molar-refractivity contribution in [2.45, 2.75) is 52.0 Å². The highest BCUT2D eigenvalue weighted by Crippen LogP contribution is 2.15. The molecule has 0 aliphatic carbocycles. The van der Waals surface area contributed by atoms with Crippen molar-refractivity contribution in [3.05, 3.63) is 46.4 Å². The molecule has 0 saturated carbocycles. The molecule has 2 rings (SSSR count). The number of unbranched alkanes of at least 4 members (excludes halogenated alkanes) is 3. The van der Waals surface area contributed by atoms with Gasteiger partial charge in [0.05, 0.1) is 6.54 Å². The highest BCUT2D eigenvalue weighted by molar-refractivity contribution is 7.13. The Morgan fingerprint density at radius 2 is 1.83 bits per heavy atom. The van der Waals surface area contributed by atoms with E-state index in [4.69, 9.17) is 0 Å². The van der Waals surface area contributed by atoms with Gasteiger partial charge in [0, 0.05) is 36.3 Å². The van der Waals surface area contributed by atoms with Gasteiger partial charge in [-0.25, -0.2) is 10.4 Å². The molecule has 2 aromatic rings. The normalized spacial score (nSPS) is 10.5. The van der Waals surface area contributed by atoms with Gasteiger partial charge in [-0.15, -0.1) is 11.3 Å². The van der Waals surface area contributed by atoms with Crippen LogP contribution in [0.3, 0.4) is 0 Å². The molecule has 1 aromatic heterocycles. The lowest BCUT2D eigenvalue weighted by atomic mass is 10.1. The molecule has 29 heavy (non-hydrogen) atoms. The summed E-state index contributed by atoms with van der Waals surface area (Å²) in [6, 6.07) is 9.94. The van der Waals surface area contributed by atoms with Crippen molar-refractivity contribution in [1.29, 1.82) is 0 Å². The lowest BCUT2D eigenvalue weighted by molar-refractivity contribution is -0.122. The molecule has 2 amide bonds. The van der Waals surface area contributed by atoms with Gasteiger partial charge >= 0.3 is 0 Å². The maximum atomic E-state index is 12.2. The maximum Gasteiger partial charge on any atom is 0.280 e. The number of hydrogen-bond acceptors (Lipinski definition) is 6. The van der Waals surface area contributed by atoms with Crippen LogP contribution >= 0.6 is 11.3 Å². The Hall–Kier alpha value is -2.45. The van der Waals surface area contributed by atoms with Crippen LogP contribution in [0.15, 0.2) is 36.5 Å². The van der Waals surface area contributed by atoms with Gasteiger partial charge in [-0.2, -0.15) is 0 Å². The van der Waals surface area contributed by atoms with Crippen molar-refractivity contribution in [3.8, 4) is 0 Å². The number of anilines is 1. The molecule has 0 atom stereocenters. The van der Waals surface area contributed by atoms with E-state index in [1.807, 2.05) is 30.3 Å². The summed E-state index contributed by atoms with van der Waals surface area (Å²) < 4.78 is 0. The Morgan fingerprint density at radius 3 is 2.62 bits per heavy atom. The van der Waals surface area contributed by atoms with E-state index in [-0.39, 0.29) is 11.8 Å². The van der Waals surface area contributed by atoms with Crippen molar-refractivity contribution in [2.75, 3.05) is 18.4 Å². The molecule has 0 fully saturated rings. The Balaban J connectivity index is 1.53. The Bertz CT molecular complexity index is 736. The van der Waals surface area contributed by atoms with Crippen LogP contribution in [0.2, 0.25) is 0 Å². The number of thiazole rings is 1. The number of para-hydroxylation sites is 1. The van der Waals surface area contributed by atoms with E-state index in [0.29, 0.717) is 24.5 Å². The van der Waals surface area contributed by atoms with E-state index in [1.165, 1.54) is 11.3 Å². The lowest BCUT2D eigenvalue weighted by Gasteiger charge is -2.06. The molecule has 0 saturated heterocycles. The number of rotatable bonds is 14. The molecular weight excluding hydrogens is 386 g/mol. The van der Waals surface area contributed by atoms with Gasteiger partial charge in [0.2, 0.25) is 5.91 Å². The van der Waals surface area contributed by atoms with Gasteiger partial charge in [-0.1, -0.05) is 38.0 Å². The van der Waals surface area contributed by atoms with Crippen molar-refractivity contribution in [1.82, 2.24) is 21.2 Å². The number of aromatic nitrogens is 1. The fraction of sp³-hybridized carbons (Fsp3) is 0.476. The average Bonchev–Trinajstić information content (AvgIpc) is 3.21. The first-order valence-corrected chi connectivity index (χ1v) is 11.0. The zero-order chi connectivity index (χ0) is 20.7. The third-order valence-corrected chi connectivity index (χ3v) is 5.20. The first kappa shape index (κ1) is 22.8. The largest absolute Gasteiger partial charge is 0.380 e. The Kier molecular flexibility index (Phi) is 10.8. The van der Waals surface area contributed by atoms with E-state index in [2.05, 4.69) is 33.4 Å². The topological polar surface area (TPSA) is 95.1 Å². The summed E-state index contributed by atoms with van der Waals surface area (Å²) in [5.74, 6) is -0.0876. The second kappa shape index (κ2) is 13.7. The highest BCUT2D eigenvalue weighted by Gasteiger charge is 2.10. The summed E-state index contributed by atoms with van der Waals surface area (Å²) in [6.45, 7) is 4.11. The van der Waals surface area contributed by atoms with Crippen LogP contribution in [0.1, 0.15) is 60.1 Å². The summed E-state index contributed by atoms with van der Waals surface area (Å²) in [7, 11) is 0. The molecule has 7 nitrogen and oxygen atoms in total. The van der Waals surface area contributed by atoms with Crippen LogP contribution in [0.5, 0.6) is 0 Å². The van der Waals surface area contributed by atoms with Crippen LogP contribution < -0.4 is 21.5 Å². The van der Waals surface area contributed by atoms with Gasteiger partial charge in [0.15, 0.2) is 5.01 Å². The van der Waals surface area contributed by atoms with Crippen molar-refractivity contribution < 1.29 is 9.59 Å². The molecule has 4 N–H and O–H groups in total. The summed E-state index contributed by atoms with van der Waals surface area (Å²) >= 11 is 1.41. The second-order valence-electron chi connectivity index (χ2n) is 6.75. The highest BCUT2D eigenvalue weighted by atomic mass is 32.1. The molecule has 0 radical (unpaired) electrons. The molecule has 0 spiro atoms. The summed E-state index contributed by atoms with van der Waals surface area (Å²) in [4.78, 5) is 29.0. The zero-order valence-corrected chi connectivity index (χ0v) is 17.8. The van der Waals surface area contributed by atoms with Crippen LogP contribution in [0.4, 0.5) is 5.69 Å². The third kappa shape index (κ3) is 9.54. The smallest absolute Gasteiger partial charge is 0.280 e. The van der Waals surface area contributed by atoms with E-state index in [9.17, 15) is 9.59 Å². The Labute approximate surface area is 176 Å². The fourth-order valence-corrected chi connectivity index (χ4v) is 3.40. The first-order chi connectivity index (χ1) is 14.2. The minimum absolute atomic E-state index is 0.0353. The van der Waals surface area contributed by atoms with E-state index in [0.717, 1.165) is 49.2 Å². The van der Waals surface area contributed by atoms with Crippen LogP contribution in [-0.2, 0) is 11.3 Å². The summed E-state index contributed by atoms with van der Waals surface area (Å²) in [6.07, 6.45) is 6.98. The van der Waals surface area contributed by atoms with Gasteiger partial charge < -0.3 is 10.6 Å². The molecule has 0 bridgehead atoms. The molecule has 158 valence electrons. The van der Waals surface area contributed by atoms with Crippen LogP contribution in [0, 0.1) is 0 Å². The maximum absolute atomic E-state index is 12.2. The van der Waals surface area contributed by atoms with Gasteiger partial charge in [-0.3, -0.25) is 15.0 Å². The van der Waals surface area contributed by atoms with E-state index >= 15 is 0 Å². The molecule has 8 heteroatoms. The standard InChI is InChI=1S/C21H31N5O2S/c1-2-13-25-26-19(27)12-8-3-4-9-14-22-20(28)21-24-16-18(29-21)15-23-17-10-6-5-7-11-17/h5-7,10-11,16,23,25H,2-4,8-9,12-15H2,1H3,(H,22,28)(H,26,27). The molecule has 0 aliphatic heterocycles. The van der Waals surface area contributed by atoms with Crippen molar-refractivity contribution >= 4 is 28.8 Å². The van der Waals surface area contributed by atoms with E-state index < -0.39 is 0 Å². The second-order valence-corrected chi connectivity index (χ2v) is 7.86. The predicted molar refractivity (Wildman–Crippen MR) is 118 cm³/mol. The van der Waals surface area contributed by atoms with Gasteiger partial charge in [-0.05, 0) is 31.4 Å². The molecule has 1 aromatic carbocycles. The number of benzene rings is 1. The number of nitrogens with zero attached hydrogens (tertiary/aromatic N) is 1. The molecule has 0 aliphatic rings. The Morgan fingerprint density at radius 1 is 1.03 bits per heavy atom. The molecular formula is C21H31N5O2S. The SMILES string of the molecule is CCCNNC(=O)CCCCCCNC(=O)c1ncc(CNc2ccccc2)s1. The minimum atomic E-state index is -0.123. The average molecular weight is 418 g/mol. The van der Waals surface area contributed by atoms with Gasteiger partial charge in [0.25, 0.3) is 5.91 Å². The fourth-order valence-electron chi connectivity index (χ4n) is 2.63. The third-order valence-electron chi connectivity index (χ3n) is 4.21. The molecule has 1 heterocycles. The summed E-state index contributed by atoms with van der Waals surface area (Å²) in [5, 5.41) is 6.72. The number of hydrazine groups is 1. The molecule has 0 unspecified atom stereocenters. The van der Waals surface area contributed by atoms with Crippen LogP contribution in [0.25, 0.3) is 0 Å². The predicted octanol–water partition coefficient (Wildman–Crippen LogP) is 3.47. The van der Waals surface area contributed by atoms with E-state index in [1.54, 1.807) is 6.20 Å². The summed E-state index contributed by atoms with van der Waals surface area (Å²) in [5.41, 5.74) is 6.61. The number of amides is 2. The number of carbonyl (C=O) groups is 2. The quantitative estimate of drug-likeness (QED) is 0.279. The van der Waals surface area contributed by atoms with Gasteiger partial charge in [0.1, 0.15) is 0 Å². The van der Waals surface area contributed by atoms with Crippen molar-refractivity contribution in [2.24, 2.45) is 0 Å². The number of carbonyl (C=O) groups excluding carboxylic acids is 2. The van der Waals surface area contributed by atoms with Crippen molar-refractivity contribution in [3.63, 3.8) is 0 Å². The first-order valence-electron chi connectivity index (χ1n) is 10.2. The van der Waals surface area contributed by atoms with Crippen LogP contribution in [-0.4, -0.2) is 29.9 Å². The number of hydrogen-bond donors (Lipinski definition) is 4. The zero-order valence-electron chi connectivity index (χ0n) is 17.0.